The van der Waals surface area contributed by atoms with E-state index in [0.717, 1.165) is 103 Å². The van der Waals surface area contributed by atoms with Crippen LogP contribution < -0.4 is 0 Å². The van der Waals surface area contributed by atoms with E-state index in [0.29, 0.717) is 19.3 Å². The fourth-order valence-electron chi connectivity index (χ4n) is 7.24. The summed E-state index contributed by atoms with van der Waals surface area (Å²) in [6, 6.07) is 0. The molecule has 0 aliphatic heterocycles. The van der Waals surface area contributed by atoms with Crippen LogP contribution in [0, 0.1) is 0 Å². The predicted molar refractivity (Wildman–Crippen MR) is 265 cm³/mol. The first-order chi connectivity index (χ1) is 30.5. The minimum absolute atomic E-state index is 0.0828. The number of allylic oxidation sites excluding steroid dienone is 10. The van der Waals surface area contributed by atoms with Crippen LogP contribution in [0.15, 0.2) is 60.8 Å². The van der Waals surface area contributed by atoms with Gasteiger partial charge in [0.1, 0.15) is 13.2 Å². The van der Waals surface area contributed by atoms with Crippen molar-refractivity contribution in [2.24, 2.45) is 0 Å². The number of rotatable bonds is 47. The second kappa shape index (κ2) is 50.8. The van der Waals surface area contributed by atoms with Crippen molar-refractivity contribution >= 4 is 17.9 Å². The molecule has 0 radical (unpaired) electrons. The summed E-state index contributed by atoms with van der Waals surface area (Å²) < 4.78 is 16.8. The highest BCUT2D eigenvalue weighted by Crippen LogP contribution is 2.14. The molecule has 358 valence electrons. The molecule has 0 N–H and O–H groups in total. The van der Waals surface area contributed by atoms with Crippen LogP contribution in [0.4, 0.5) is 0 Å². The minimum atomic E-state index is -0.784. The third-order valence-electron chi connectivity index (χ3n) is 11.2. The average Bonchev–Trinajstić information content (AvgIpc) is 3.27. The highest BCUT2D eigenvalue weighted by Gasteiger charge is 2.19. The third kappa shape index (κ3) is 48.1. The molecule has 0 amide bonds. The van der Waals surface area contributed by atoms with Gasteiger partial charge in [-0.05, 0) is 89.9 Å². The summed E-state index contributed by atoms with van der Waals surface area (Å²) in [5, 5.41) is 0. The van der Waals surface area contributed by atoms with Gasteiger partial charge < -0.3 is 14.2 Å². The van der Waals surface area contributed by atoms with Crippen molar-refractivity contribution in [3.05, 3.63) is 60.8 Å². The second-order valence-corrected chi connectivity index (χ2v) is 17.4. The molecule has 0 aromatic carbocycles. The maximum absolute atomic E-state index is 12.8. The van der Waals surface area contributed by atoms with Gasteiger partial charge in [0.2, 0.25) is 0 Å². The van der Waals surface area contributed by atoms with Crippen molar-refractivity contribution in [3.63, 3.8) is 0 Å². The normalized spacial score (nSPS) is 12.5. The molecule has 0 bridgehead atoms. The van der Waals surface area contributed by atoms with Crippen LogP contribution in [-0.2, 0) is 28.6 Å². The number of esters is 3. The zero-order valence-corrected chi connectivity index (χ0v) is 40.9. The van der Waals surface area contributed by atoms with E-state index in [1.54, 1.807) is 0 Å². The van der Waals surface area contributed by atoms with Gasteiger partial charge in [0.15, 0.2) is 6.10 Å². The molecule has 62 heavy (non-hydrogen) atoms. The SMILES string of the molecule is CCCCC/C=C\C/C=C\C/C=C\CCCCCCCCC(=O)OC[C@@H](COC(=O)CCCCCCCCCCCC)OC(=O)CCCCCCC/C=C\C/C=C\CCCCC. The number of hydrogen-bond acceptors (Lipinski definition) is 6. The summed E-state index contributed by atoms with van der Waals surface area (Å²) in [6.45, 7) is 6.56. The Morgan fingerprint density at radius 2 is 0.581 bits per heavy atom. The molecule has 6 nitrogen and oxygen atoms in total. The van der Waals surface area contributed by atoms with Crippen molar-refractivity contribution in [1.29, 1.82) is 0 Å². The van der Waals surface area contributed by atoms with Crippen LogP contribution in [0.2, 0.25) is 0 Å². The van der Waals surface area contributed by atoms with Crippen molar-refractivity contribution < 1.29 is 28.6 Å². The van der Waals surface area contributed by atoms with Crippen molar-refractivity contribution in [2.75, 3.05) is 13.2 Å². The average molecular weight is 867 g/mol. The summed E-state index contributed by atoms with van der Waals surface area (Å²) in [6.07, 6.45) is 62.0. The lowest BCUT2D eigenvalue weighted by molar-refractivity contribution is -0.167. The van der Waals surface area contributed by atoms with Gasteiger partial charge in [-0.1, -0.05) is 210 Å². The van der Waals surface area contributed by atoms with E-state index in [9.17, 15) is 14.4 Å². The van der Waals surface area contributed by atoms with E-state index >= 15 is 0 Å². The van der Waals surface area contributed by atoms with Crippen molar-refractivity contribution in [1.82, 2.24) is 0 Å². The van der Waals surface area contributed by atoms with Gasteiger partial charge in [0.05, 0.1) is 0 Å². The van der Waals surface area contributed by atoms with Crippen LogP contribution in [0.25, 0.3) is 0 Å². The van der Waals surface area contributed by atoms with Crippen LogP contribution >= 0.6 is 0 Å². The van der Waals surface area contributed by atoms with Crippen LogP contribution in [0.3, 0.4) is 0 Å². The largest absolute Gasteiger partial charge is 0.462 e. The second-order valence-electron chi connectivity index (χ2n) is 17.4. The van der Waals surface area contributed by atoms with E-state index in [4.69, 9.17) is 14.2 Å². The zero-order chi connectivity index (χ0) is 45.1. The molecule has 0 unspecified atom stereocenters. The molecular formula is C56H98O6. The Morgan fingerprint density at radius 1 is 0.323 bits per heavy atom. The Balaban J connectivity index is 4.37. The standard InChI is InChI=1S/C56H98O6/c1-4-7-10-13-16-19-22-24-26-27-28-29-31-32-34-37-40-43-46-49-55(58)61-52-53(51-60-54(57)48-45-42-39-36-21-18-15-12-9-6-3)62-56(59)50-47-44-41-38-35-33-30-25-23-20-17-14-11-8-5-2/h16-17,19-20,24-26,28-30,53H,4-15,18,21-23,27,31-52H2,1-3H3/b19-16-,20-17-,26-24-,29-28-,30-25-/t53-/m1/s1. The minimum Gasteiger partial charge on any atom is -0.462 e. The Bertz CT molecular complexity index is 1130. The van der Waals surface area contributed by atoms with Gasteiger partial charge in [-0.2, -0.15) is 0 Å². The Morgan fingerprint density at radius 3 is 0.935 bits per heavy atom. The van der Waals surface area contributed by atoms with E-state index in [2.05, 4.69) is 81.5 Å². The van der Waals surface area contributed by atoms with Crippen LogP contribution in [0.1, 0.15) is 258 Å². The van der Waals surface area contributed by atoms with Crippen LogP contribution in [-0.4, -0.2) is 37.2 Å². The first-order valence-electron chi connectivity index (χ1n) is 26.3. The number of hydrogen-bond donors (Lipinski definition) is 0. The fourth-order valence-corrected chi connectivity index (χ4v) is 7.24. The molecule has 0 aromatic heterocycles. The zero-order valence-electron chi connectivity index (χ0n) is 40.9. The molecule has 0 aliphatic rings. The quantitative estimate of drug-likeness (QED) is 0.0262. The molecular weight excluding hydrogens is 769 g/mol. The van der Waals surface area contributed by atoms with E-state index in [-0.39, 0.29) is 31.1 Å². The molecule has 6 heteroatoms. The van der Waals surface area contributed by atoms with Gasteiger partial charge in [-0.25, -0.2) is 0 Å². The first-order valence-corrected chi connectivity index (χ1v) is 26.3. The highest BCUT2D eigenvalue weighted by atomic mass is 16.6. The smallest absolute Gasteiger partial charge is 0.306 e. The maximum Gasteiger partial charge on any atom is 0.306 e. The summed E-state index contributed by atoms with van der Waals surface area (Å²) in [5.74, 6) is -0.907. The Hall–Kier alpha value is -2.89. The molecule has 0 aromatic rings. The van der Waals surface area contributed by atoms with Gasteiger partial charge in [-0.15, -0.1) is 0 Å². The lowest BCUT2D eigenvalue weighted by atomic mass is 10.1. The predicted octanol–water partition coefficient (Wildman–Crippen LogP) is 17.3. The third-order valence-corrected chi connectivity index (χ3v) is 11.2. The summed E-state index contributed by atoms with van der Waals surface area (Å²) in [7, 11) is 0. The van der Waals surface area contributed by atoms with Crippen LogP contribution in [0.5, 0.6) is 0 Å². The Kier molecular flexibility index (Phi) is 48.4. The first kappa shape index (κ1) is 59.1. The number of carbonyl (C=O) groups excluding carboxylic acids is 3. The monoisotopic (exact) mass is 867 g/mol. The van der Waals surface area contributed by atoms with E-state index in [1.165, 1.54) is 116 Å². The summed E-state index contributed by atoms with van der Waals surface area (Å²) >= 11 is 0. The number of unbranched alkanes of at least 4 members (excludes halogenated alkanes) is 26. The lowest BCUT2D eigenvalue weighted by Crippen LogP contribution is -2.30. The Labute approximate surface area is 383 Å². The molecule has 1 atom stereocenters. The van der Waals surface area contributed by atoms with Crippen molar-refractivity contribution in [2.45, 2.75) is 264 Å². The van der Waals surface area contributed by atoms with Gasteiger partial charge in [0.25, 0.3) is 0 Å². The van der Waals surface area contributed by atoms with Gasteiger partial charge in [0, 0.05) is 19.3 Å². The topological polar surface area (TPSA) is 78.9 Å². The molecule has 0 spiro atoms. The van der Waals surface area contributed by atoms with Crippen molar-refractivity contribution in [3.8, 4) is 0 Å². The molecule has 0 rings (SSSR count). The van der Waals surface area contributed by atoms with Gasteiger partial charge in [-0.3, -0.25) is 14.4 Å². The molecule has 0 heterocycles. The van der Waals surface area contributed by atoms with Gasteiger partial charge >= 0.3 is 17.9 Å². The summed E-state index contributed by atoms with van der Waals surface area (Å²) in [4.78, 5) is 37.9. The molecule has 0 fully saturated rings. The lowest BCUT2D eigenvalue weighted by Gasteiger charge is -2.18. The summed E-state index contributed by atoms with van der Waals surface area (Å²) in [5.41, 5.74) is 0. The molecule has 0 saturated heterocycles. The number of ether oxygens (including phenoxy) is 3. The van der Waals surface area contributed by atoms with E-state index in [1.807, 2.05) is 0 Å². The highest BCUT2D eigenvalue weighted by molar-refractivity contribution is 5.71. The fraction of sp³-hybridized carbons (Fsp3) is 0.768. The van der Waals surface area contributed by atoms with E-state index < -0.39 is 6.10 Å². The maximum atomic E-state index is 12.8. The molecule has 0 saturated carbocycles. The molecule has 0 aliphatic carbocycles. The number of carbonyl (C=O) groups is 3.